The summed E-state index contributed by atoms with van der Waals surface area (Å²) >= 11 is 0. The van der Waals surface area contributed by atoms with Crippen LogP contribution in [0.3, 0.4) is 0 Å². The predicted molar refractivity (Wildman–Crippen MR) is 28.0 cm³/mol. The van der Waals surface area contributed by atoms with E-state index >= 15 is 0 Å². The topological polar surface area (TPSA) is 64.7 Å². The smallest absolute Gasteiger partial charge is 0.125 e. The second-order valence-electron chi connectivity index (χ2n) is 1.40. The van der Waals surface area contributed by atoms with Gasteiger partial charge in [0.05, 0.1) is 13.2 Å². The van der Waals surface area contributed by atoms with Gasteiger partial charge in [-0.3, -0.25) is 4.84 Å². The summed E-state index contributed by atoms with van der Waals surface area (Å²) in [7, 11) is 1.52. The molecule has 0 spiro atoms. The fraction of sp³-hybridized carbons (Fsp3) is 1.00. The van der Waals surface area contributed by atoms with Crippen LogP contribution in [0.25, 0.3) is 0 Å². The molecule has 0 heterocycles. The van der Waals surface area contributed by atoms with Gasteiger partial charge >= 0.3 is 0 Å². The molecule has 1 atom stereocenters. The monoisotopic (exact) mass is 121 g/mol. The first-order chi connectivity index (χ1) is 3.85. The standard InChI is InChI=1S/C4H11NO3/c1-7-3-4(2-6)8-5/h4,6H,2-3,5H2,1H3. The van der Waals surface area contributed by atoms with Crippen LogP contribution in [-0.2, 0) is 9.57 Å². The van der Waals surface area contributed by atoms with Crippen molar-refractivity contribution in [2.45, 2.75) is 6.10 Å². The van der Waals surface area contributed by atoms with Gasteiger partial charge in [0.15, 0.2) is 0 Å². The van der Waals surface area contributed by atoms with Gasteiger partial charge in [0, 0.05) is 7.11 Å². The lowest BCUT2D eigenvalue weighted by atomic mass is 10.4. The Kier molecular flexibility index (Phi) is 4.89. The molecule has 0 aliphatic carbocycles. The lowest BCUT2D eigenvalue weighted by molar-refractivity contribution is -0.0323. The van der Waals surface area contributed by atoms with Crippen molar-refractivity contribution in [3.8, 4) is 0 Å². The quantitative estimate of drug-likeness (QED) is 0.462. The average Bonchev–Trinajstić information content (AvgIpc) is 1.83. The first kappa shape index (κ1) is 7.84. The number of hydrogen-bond donors (Lipinski definition) is 2. The molecule has 0 aromatic rings. The fourth-order valence-electron chi connectivity index (χ4n) is 0.321. The average molecular weight is 121 g/mol. The van der Waals surface area contributed by atoms with E-state index in [2.05, 4.69) is 9.57 Å². The Morgan fingerprint density at radius 3 is 2.50 bits per heavy atom. The van der Waals surface area contributed by atoms with Gasteiger partial charge in [-0.1, -0.05) is 0 Å². The van der Waals surface area contributed by atoms with Crippen LogP contribution in [0.2, 0.25) is 0 Å². The minimum Gasteiger partial charge on any atom is -0.393 e. The Morgan fingerprint density at radius 1 is 1.75 bits per heavy atom. The van der Waals surface area contributed by atoms with E-state index < -0.39 is 0 Å². The number of methoxy groups -OCH3 is 1. The van der Waals surface area contributed by atoms with E-state index in [0.717, 1.165) is 0 Å². The van der Waals surface area contributed by atoms with Gasteiger partial charge in [0.2, 0.25) is 0 Å². The molecular formula is C4H11NO3. The first-order valence-electron chi connectivity index (χ1n) is 2.30. The molecule has 0 aromatic carbocycles. The van der Waals surface area contributed by atoms with Crippen molar-refractivity contribution >= 4 is 0 Å². The molecule has 0 aliphatic heterocycles. The van der Waals surface area contributed by atoms with Crippen LogP contribution in [-0.4, -0.2) is 31.5 Å². The van der Waals surface area contributed by atoms with Crippen molar-refractivity contribution in [2.75, 3.05) is 20.3 Å². The maximum absolute atomic E-state index is 8.37. The zero-order valence-corrected chi connectivity index (χ0v) is 4.83. The molecule has 3 N–H and O–H groups in total. The van der Waals surface area contributed by atoms with Gasteiger partial charge in [0.1, 0.15) is 6.10 Å². The highest BCUT2D eigenvalue weighted by Crippen LogP contribution is 1.84. The van der Waals surface area contributed by atoms with Crippen LogP contribution >= 0.6 is 0 Å². The second kappa shape index (κ2) is 4.99. The summed E-state index contributed by atoms with van der Waals surface area (Å²) in [6.07, 6.45) is -0.389. The Bertz CT molecular complexity index is 46.5. The molecule has 0 aromatic heterocycles. The largest absolute Gasteiger partial charge is 0.393 e. The molecule has 4 nitrogen and oxygen atoms in total. The van der Waals surface area contributed by atoms with Gasteiger partial charge in [-0.25, -0.2) is 5.90 Å². The lowest BCUT2D eigenvalue weighted by Gasteiger charge is -2.07. The summed E-state index contributed by atoms with van der Waals surface area (Å²) in [6.45, 7) is 0.220. The number of nitrogens with two attached hydrogens (primary N) is 1. The lowest BCUT2D eigenvalue weighted by Crippen LogP contribution is -2.26. The van der Waals surface area contributed by atoms with E-state index in [4.69, 9.17) is 11.0 Å². The minimum atomic E-state index is -0.389. The van der Waals surface area contributed by atoms with Gasteiger partial charge < -0.3 is 9.84 Å². The van der Waals surface area contributed by atoms with Gasteiger partial charge in [0.25, 0.3) is 0 Å². The molecule has 0 amide bonds. The predicted octanol–water partition coefficient (Wildman–Crippen LogP) is -1.12. The van der Waals surface area contributed by atoms with Crippen molar-refractivity contribution < 1.29 is 14.7 Å². The summed E-state index contributed by atoms with van der Waals surface area (Å²) in [4.78, 5) is 4.26. The van der Waals surface area contributed by atoms with E-state index in [1.54, 1.807) is 0 Å². The fourth-order valence-corrected chi connectivity index (χ4v) is 0.321. The highest BCUT2D eigenvalue weighted by atomic mass is 16.6. The van der Waals surface area contributed by atoms with E-state index in [9.17, 15) is 0 Å². The third kappa shape index (κ3) is 2.92. The zero-order valence-electron chi connectivity index (χ0n) is 4.83. The summed E-state index contributed by atoms with van der Waals surface area (Å²) in [5.41, 5.74) is 0. The van der Waals surface area contributed by atoms with Crippen LogP contribution in [0.4, 0.5) is 0 Å². The molecule has 0 aliphatic rings. The van der Waals surface area contributed by atoms with Crippen molar-refractivity contribution in [2.24, 2.45) is 5.90 Å². The van der Waals surface area contributed by atoms with Crippen molar-refractivity contribution in [3.05, 3.63) is 0 Å². The highest BCUT2D eigenvalue weighted by Gasteiger charge is 2.02. The Morgan fingerprint density at radius 2 is 2.38 bits per heavy atom. The number of ether oxygens (including phenoxy) is 1. The molecule has 4 heteroatoms. The first-order valence-corrected chi connectivity index (χ1v) is 2.30. The molecule has 0 bridgehead atoms. The maximum atomic E-state index is 8.37. The molecule has 0 saturated heterocycles. The number of rotatable bonds is 4. The van der Waals surface area contributed by atoms with E-state index in [1.807, 2.05) is 0 Å². The summed E-state index contributed by atoms with van der Waals surface area (Å²) < 4.78 is 4.62. The molecule has 0 rings (SSSR count). The number of aliphatic hydroxyl groups excluding tert-OH is 1. The second-order valence-corrected chi connectivity index (χ2v) is 1.40. The summed E-state index contributed by atoms with van der Waals surface area (Å²) in [6, 6.07) is 0. The molecule has 0 radical (unpaired) electrons. The zero-order chi connectivity index (χ0) is 6.41. The van der Waals surface area contributed by atoms with Gasteiger partial charge in [-0.05, 0) is 0 Å². The van der Waals surface area contributed by atoms with E-state index in [1.165, 1.54) is 7.11 Å². The van der Waals surface area contributed by atoms with Gasteiger partial charge in [-0.15, -0.1) is 0 Å². The van der Waals surface area contributed by atoms with Crippen LogP contribution in [0, 0.1) is 0 Å². The van der Waals surface area contributed by atoms with Crippen molar-refractivity contribution in [3.63, 3.8) is 0 Å². The normalized spacial score (nSPS) is 13.9. The van der Waals surface area contributed by atoms with Crippen LogP contribution in [0.1, 0.15) is 0 Å². The van der Waals surface area contributed by atoms with E-state index in [0.29, 0.717) is 6.61 Å². The van der Waals surface area contributed by atoms with Crippen LogP contribution < -0.4 is 5.90 Å². The molecule has 0 saturated carbocycles. The van der Waals surface area contributed by atoms with Crippen molar-refractivity contribution in [1.82, 2.24) is 0 Å². The third-order valence-electron chi connectivity index (χ3n) is 0.749. The Balaban J connectivity index is 3.07. The Labute approximate surface area is 48.1 Å². The van der Waals surface area contributed by atoms with Crippen LogP contribution in [0.5, 0.6) is 0 Å². The minimum absolute atomic E-state index is 0.107. The number of aliphatic hydroxyl groups is 1. The van der Waals surface area contributed by atoms with Crippen molar-refractivity contribution in [1.29, 1.82) is 0 Å². The third-order valence-corrected chi connectivity index (χ3v) is 0.749. The SMILES string of the molecule is COCC(CO)ON. The molecular weight excluding hydrogens is 110 g/mol. The van der Waals surface area contributed by atoms with E-state index in [-0.39, 0.29) is 12.7 Å². The Hall–Kier alpha value is -0.160. The summed E-state index contributed by atoms with van der Waals surface area (Å²) in [5.74, 6) is 4.73. The summed E-state index contributed by atoms with van der Waals surface area (Å²) in [5, 5.41) is 8.37. The molecule has 8 heavy (non-hydrogen) atoms. The number of hydrogen-bond acceptors (Lipinski definition) is 4. The van der Waals surface area contributed by atoms with Gasteiger partial charge in [-0.2, -0.15) is 0 Å². The molecule has 0 fully saturated rings. The molecule has 50 valence electrons. The highest BCUT2D eigenvalue weighted by molar-refractivity contribution is 4.49. The molecule has 1 unspecified atom stereocenters. The maximum Gasteiger partial charge on any atom is 0.125 e. The van der Waals surface area contributed by atoms with Crippen LogP contribution in [0.15, 0.2) is 0 Å².